The summed E-state index contributed by atoms with van der Waals surface area (Å²) >= 11 is 0. The number of rotatable bonds is 4. The van der Waals surface area contributed by atoms with Crippen molar-refractivity contribution in [3.8, 4) is 0 Å². The zero-order valence-corrected chi connectivity index (χ0v) is 9.98. The van der Waals surface area contributed by atoms with E-state index in [1.807, 2.05) is 0 Å². The van der Waals surface area contributed by atoms with Crippen LogP contribution >= 0.6 is 0 Å². The van der Waals surface area contributed by atoms with Gasteiger partial charge in [0.2, 0.25) is 0 Å². The van der Waals surface area contributed by atoms with Gasteiger partial charge < -0.3 is 11.1 Å². The number of guanidine groups is 1. The largest absolute Gasteiger partial charge is 0.370 e. The van der Waals surface area contributed by atoms with Crippen LogP contribution < -0.4 is 11.1 Å². The molecule has 4 nitrogen and oxygen atoms in total. The quantitative estimate of drug-likeness (QED) is 0.540. The molecule has 2 rings (SSSR count). The molecule has 2 saturated carbocycles. The van der Waals surface area contributed by atoms with Gasteiger partial charge in [0.15, 0.2) is 5.96 Å². The third-order valence-electron chi connectivity index (χ3n) is 3.34. The molecule has 0 heterocycles. The molecule has 0 saturated heterocycles. The monoisotopic (exact) mass is 229 g/mol. The molecule has 0 aromatic rings. The van der Waals surface area contributed by atoms with E-state index in [-0.39, 0.29) is 4.75 Å². The molecule has 0 spiro atoms. The fourth-order valence-corrected chi connectivity index (χ4v) is 2.93. The molecule has 0 aromatic carbocycles. The third kappa shape index (κ3) is 2.51. The molecular formula is C10H19N3OS. The van der Waals surface area contributed by atoms with Crippen molar-refractivity contribution in [3.63, 3.8) is 0 Å². The number of hydrogen-bond donors (Lipinski definition) is 2. The van der Waals surface area contributed by atoms with Gasteiger partial charge in [0, 0.05) is 23.1 Å². The molecule has 0 bridgehead atoms. The number of aliphatic imine (C=N–C) groups is 1. The highest BCUT2D eigenvalue weighted by Crippen LogP contribution is 2.37. The lowest BCUT2D eigenvalue weighted by Crippen LogP contribution is -2.45. The van der Waals surface area contributed by atoms with E-state index >= 15 is 0 Å². The highest BCUT2D eigenvalue weighted by Gasteiger charge is 2.40. The topological polar surface area (TPSA) is 67.5 Å². The zero-order chi connectivity index (χ0) is 10.9. The summed E-state index contributed by atoms with van der Waals surface area (Å²) in [6, 6.07) is 0.540. The molecular weight excluding hydrogens is 210 g/mol. The average Bonchev–Trinajstić information content (AvgIpc) is 2.85. The van der Waals surface area contributed by atoms with Gasteiger partial charge in [-0.3, -0.25) is 9.20 Å². The highest BCUT2D eigenvalue weighted by atomic mass is 32.2. The minimum absolute atomic E-state index is 0.0736. The molecule has 86 valence electrons. The van der Waals surface area contributed by atoms with Crippen LogP contribution in [0.1, 0.15) is 32.1 Å². The van der Waals surface area contributed by atoms with Crippen LogP contribution in [0, 0.1) is 0 Å². The highest BCUT2D eigenvalue weighted by molar-refractivity contribution is 7.85. The van der Waals surface area contributed by atoms with Crippen molar-refractivity contribution >= 4 is 16.8 Å². The molecule has 15 heavy (non-hydrogen) atoms. The molecule has 2 fully saturated rings. The number of nitrogens with two attached hydrogens (primary N) is 1. The summed E-state index contributed by atoms with van der Waals surface area (Å²) in [6.45, 7) is 0.613. The smallest absolute Gasteiger partial charge is 0.188 e. The van der Waals surface area contributed by atoms with Gasteiger partial charge in [-0.2, -0.15) is 0 Å². The normalized spacial score (nSPS) is 26.9. The lowest BCUT2D eigenvalue weighted by molar-refractivity contribution is 0.361. The van der Waals surface area contributed by atoms with Crippen LogP contribution in [0.15, 0.2) is 4.99 Å². The van der Waals surface area contributed by atoms with Gasteiger partial charge in [-0.1, -0.05) is 6.42 Å². The van der Waals surface area contributed by atoms with Gasteiger partial charge in [0.05, 0.1) is 11.3 Å². The lowest BCUT2D eigenvalue weighted by Gasteiger charge is -2.38. The second-order valence-corrected chi connectivity index (χ2v) is 6.39. The van der Waals surface area contributed by atoms with Crippen LogP contribution in [0.2, 0.25) is 0 Å². The Balaban J connectivity index is 1.86. The van der Waals surface area contributed by atoms with Crippen LogP contribution in [-0.2, 0) is 10.8 Å². The van der Waals surface area contributed by atoms with Crippen molar-refractivity contribution in [2.24, 2.45) is 10.7 Å². The minimum Gasteiger partial charge on any atom is -0.370 e. The molecule has 5 heteroatoms. The molecule has 2 aliphatic rings. The summed E-state index contributed by atoms with van der Waals surface area (Å²) in [5, 5.41) is 3.14. The molecule has 0 amide bonds. The Bertz CT molecular complexity index is 295. The maximum absolute atomic E-state index is 11.6. The van der Waals surface area contributed by atoms with Crippen LogP contribution in [0.25, 0.3) is 0 Å². The second-order valence-electron chi connectivity index (χ2n) is 4.61. The van der Waals surface area contributed by atoms with E-state index in [1.165, 1.54) is 19.3 Å². The molecule has 2 aliphatic carbocycles. The van der Waals surface area contributed by atoms with E-state index in [1.54, 1.807) is 6.26 Å². The first-order valence-corrected chi connectivity index (χ1v) is 7.08. The Kier molecular flexibility index (Phi) is 3.00. The Morgan fingerprint density at radius 1 is 1.60 bits per heavy atom. The number of nitrogens with zero attached hydrogens (tertiary/aromatic N) is 1. The standard InChI is InChI=1S/C10H19N3OS/c1-15(14)10(5-2-6-10)7-12-9(11)13-8-3-4-8/h8H,2-7H2,1H3,(H3,11,12,13). The summed E-state index contributed by atoms with van der Waals surface area (Å²) in [5.74, 6) is 0.522. The molecule has 0 radical (unpaired) electrons. The van der Waals surface area contributed by atoms with E-state index < -0.39 is 10.8 Å². The Hall–Kier alpha value is -0.580. The number of nitrogens with one attached hydrogen (secondary N) is 1. The zero-order valence-electron chi connectivity index (χ0n) is 9.16. The Labute approximate surface area is 93.2 Å². The SMILES string of the molecule is CS(=O)C1(CN=C(N)NC2CC2)CCC1. The van der Waals surface area contributed by atoms with E-state index in [2.05, 4.69) is 10.3 Å². The van der Waals surface area contributed by atoms with Crippen LogP contribution in [-0.4, -0.2) is 33.8 Å². The van der Waals surface area contributed by atoms with Gasteiger partial charge in [-0.15, -0.1) is 0 Å². The Morgan fingerprint density at radius 3 is 2.67 bits per heavy atom. The summed E-state index contributed by atoms with van der Waals surface area (Å²) in [4.78, 5) is 4.31. The fourth-order valence-electron chi connectivity index (χ4n) is 1.82. The lowest BCUT2D eigenvalue weighted by atomic mass is 9.84. The fraction of sp³-hybridized carbons (Fsp3) is 0.900. The van der Waals surface area contributed by atoms with E-state index in [0.717, 1.165) is 12.8 Å². The van der Waals surface area contributed by atoms with Gasteiger partial charge in [-0.25, -0.2) is 0 Å². The minimum atomic E-state index is -0.786. The predicted molar refractivity (Wildman–Crippen MR) is 63.3 cm³/mol. The summed E-state index contributed by atoms with van der Waals surface area (Å²) in [5.41, 5.74) is 5.74. The first kappa shape index (κ1) is 10.9. The molecule has 0 aromatic heterocycles. The van der Waals surface area contributed by atoms with E-state index in [0.29, 0.717) is 18.5 Å². The van der Waals surface area contributed by atoms with Gasteiger partial charge >= 0.3 is 0 Å². The molecule has 0 aliphatic heterocycles. The van der Waals surface area contributed by atoms with Gasteiger partial charge in [0.1, 0.15) is 0 Å². The number of hydrogen-bond acceptors (Lipinski definition) is 2. The van der Waals surface area contributed by atoms with Crippen LogP contribution in [0.4, 0.5) is 0 Å². The maximum atomic E-state index is 11.6. The summed E-state index contributed by atoms with van der Waals surface area (Å²) in [7, 11) is -0.786. The van der Waals surface area contributed by atoms with Crippen LogP contribution in [0.3, 0.4) is 0 Å². The van der Waals surface area contributed by atoms with Crippen molar-refractivity contribution in [3.05, 3.63) is 0 Å². The summed E-state index contributed by atoms with van der Waals surface area (Å²) < 4.78 is 11.5. The van der Waals surface area contributed by atoms with Crippen molar-refractivity contribution in [2.45, 2.75) is 42.9 Å². The van der Waals surface area contributed by atoms with Crippen LogP contribution in [0.5, 0.6) is 0 Å². The van der Waals surface area contributed by atoms with Gasteiger partial charge in [-0.05, 0) is 25.7 Å². The first-order chi connectivity index (χ1) is 7.12. The van der Waals surface area contributed by atoms with Crippen molar-refractivity contribution in [1.82, 2.24) is 5.32 Å². The predicted octanol–water partition coefficient (Wildman–Crippen LogP) is 0.354. The van der Waals surface area contributed by atoms with Crippen molar-refractivity contribution < 1.29 is 4.21 Å². The molecule has 1 unspecified atom stereocenters. The first-order valence-electron chi connectivity index (χ1n) is 5.52. The van der Waals surface area contributed by atoms with E-state index in [4.69, 9.17) is 5.73 Å². The van der Waals surface area contributed by atoms with E-state index in [9.17, 15) is 4.21 Å². The van der Waals surface area contributed by atoms with Crippen molar-refractivity contribution in [1.29, 1.82) is 0 Å². The van der Waals surface area contributed by atoms with Crippen molar-refractivity contribution in [2.75, 3.05) is 12.8 Å². The Morgan fingerprint density at radius 2 is 2.27 bits per heavy atom. The second kappa shape index (κ2) is 4.12. The summed E-state index contributed by atoms with van der Waals surface area (Å²) in [6.07, 6.45) is 7.39. The third-order valence-corrected chi connectivity index (χ3v) is 5.10. The van der Waals surface area contributed by atoms with Gasteiger partial charge in [0.25, 0.3) is 0 Å². The maximum Gasteiger partial charge on any atom is 0.188 e. The molecule has 1 atom stereocenters. The molecule has 3 N–H and O–H groups in total. The average molecular weight is 229 g/mol.